The van der Waals surface area contributed by atoms with E-state index in [1.54, 1.807) is 7.05 Å². The van der Waals surface area contributed by atoms with Gasteiger partial charge in [-0.2, -0.15) is 4.80 Å². The van der Waals surface area contributed by atoms with Crippen molar-refractivity contribution in [3.05, 3.63) is 17.7 Å². The highest BCUT2D eigenvalue weighted by Gasteiger charge is 2.11. The third-order valence-corrected chi connectivity index (χ3v) is 1.79. The summed E-state index contributed by atoms with van der Waals surface area (Å²) >= 11 is 0. The molecule has 16 heavy (non-hydrogen) atoms. The highest BCUT2D eigenvalue weighted by Crippen LogP contribution is 1.97. The number of aromatic nitrogens is 7. The van der Waals surface area contributed by atoms with Crippen LogP contribution in [0.3, 0.4) is 0 Å². The predicted octanol–water partition coefficient (Wildman–Crippen LogP) is -1.36. The maximum absolute atomic E-state index is 11.1. The van der Waals surface area contributed by atoms with Crippen molar-refractivity contribution in [2.24, 2.45) is 7.05 Å². The smallest absolute Gasteiger partial charge is 0.360 e. The first kappa shape index (κ1) is 10.2. The molecule has 0 unspecified atom stereocenters. The summed E-state index contributed by atoms with van der Waals surface area (Å²) in [6.07, 6.45) is 1.46. The van der Waals surface area contributed by atoms with Crippen molar-refractivity contribution in [2.45, 2.75) is 6.54 Å². The number of methoxy groups -OCH3 is 1. The van der Waals surface area contributed by atoms with Gasteiger partial charge in [0.1, 0.15) is 6.54 Å². The van der Waals surface area contributed by atoms with E-state index in [1.807, 2.05) is 0 Å². The zero-order valence-electron chi connectivity index (χ0n) is 8.73. The fourth-order valence-corrected chi connectivity index (χ4v) is 1.11. The van der Waals surface area contributed by atoms with Gasteiger partial charge < -0.3 is 4.74 Å². The Hall–Kier alpha value is -2.32. The lowest BCUT2D eigenvalue weighted by Gasteiger charge is -1.92. The minimum absolute atomic E-state index is 0.145. The van der Waals surface area contributed by atoms with Crippen LogP contribution >= 0.6 is 0 Å². The van der Waals surface area contributed by atoms with Crippen LogP contribution in [0.25, 0.3) is 0 Å². The topological polar surface area (TPSA) is 101 Å². The first-order chi connectivity index (χ1) is 7.69. The molecule has 2 aromatic rings. The van der Waals surface area contributed by atoms with E-state index in [0.29, 0.717) is 12.4 Å². The molecule has 0 spiro atoms. The van der Waals surface area contributed by atoms with E-state index in [4.69, 9.17) is 0 Å². The first-order valence-electron chi connectivity index (χ1n) is 4.40. The fourth-order valence-electron chi connectivity index (χ4n) is 1.11. The van der Waals surface area contributed by atoms with E-state index in [1.165, 1.54) is 22.8 Å². The van der Waals surface area contributed by atoms with Gasteiger partial charge in [0.05, 0.1) is 20.4 Å². The summed E-state index contributed by atoms with van der Waals surface area (Å²) in [6.45, 7) is 0.303. The van der Waals surface area contributed by atoms with Crippen LogP contribution in [-0.4, -0.2) is 48.3 Å². The van der Waals surface area contributed by atoms with Gasteiger partial charge in [0.2, 0.25) is 0 Å². The summed E-state index contributed by atoms with van der Waals surface area (Å²) in [6, 6.07) is 0. The molecule has 0 atom stereocenters. The molecule has 9 nitrogen and oxygen atoms in total. The molecule has 0 aliphatic rings. The van der Waals surface area contributed by atoms with Gasteiger partial charge in [0.15, 0.2) is 11.5 Å². The molecule has 0 saturated heterocycles. The van der Waals surface area contributed by atoms with Gasteiger partial charge in [-0.15, -0.1) is 15.3 Å². The van der Waals surface area contributed by atoms with Crippen molar-refractivity contribution in [1.29, 1.82) is 0 Å². The molecule has 0 saturated carbocycles. The summed E-state index contributed by atoms with van der Waals surface area (Å²) < 4.78 is 5.94. The largest absolute Gasteiger partial charge is 0.464 e. The van der Waals surface area contributed by atoms with E-state index in [9.17, 15) is 4.79 Å². The SMILES string of the molecule is COC(=O)c1cn(Cc2nnn(C)n2)nn1. The molecule has 0 bridgehead atoms. The third-order valence-electron chi connectivity index (χ3n) is 1.79. The number of rotatable bonds is 3. The minimum atomic E-state index is -0.529. The third kappa shape index (κ3) is 2.02. The zero-order chi connectivity index (χ0) is 11.5. The molecule has 0 aromatic carbocycles. The second-order valence-electron chi connectivity index (χ2n) is 2.99. The molecule has 2 aromatic heterocycles. The van der Waals surface area contributed by atoms with Gasteiger partial charge in [0, 0.05) is 0 Å². The van der Waals surface area contributed by atoms with Crippen molar-refractivity contribution in [3.63, 3.8) is 0 Å². The van der Waals surface area contributed by atoms with Crippen LogP contribution in [0.1, 0.15) is 16.3 Å². The predicted molar refractivity (Wildman–Crippen MR) is 49.3 cm³/mol. The minimum Gasteiger partial charge on any atom is -0.464 e. The standard InChI is InChI=1S/C7H9N7O2/c1-13-10-6(9-11-13)4-14-3-5(8-12-14)7(15)16-2/h3H,4H2,1-2H3. The Labute approximate surface area is 90.0 Å². The molecule has 2 heterocycles. The molecule has 84 valence electrons. The number of tetrazole rings is 1. The second-order valence-corrected chi connectivity index (χ2v) is 2.99. The molecule has 0 fully saturated rings. The van der Waals surface area contributed by atoms with Crippen LogP contribution < -0.4 is 0 Å². The lowest BCUT2D eigenvalue weighted by molar-refractivity contribution is 0.0594. The first-order valence-corrected chi connectivity index (χ1v) is 4.40. The van der Waals surface area contributed by atoms with E-state index in [2.05, 4.69) is 30.5 Å². The van der Waals surface area contributed by atoms with Gasteiger partial charge in [0.25, 0.3) is 0 Å². The number of nitrogens with zero attached hydrogens (tertiary/aromatic N) is 7. The van der Waals surface area contributed by atoms with Gasteiger partial charge in [-0.1, -0.05) is 5.21 Å². The quantitative estimate of drug-likeness (QED) is 0.592. The van der Waals surface area contributed by atoms with Gasteiger partial charge >= 0.3 is 5.97 Å². The Morgan fingerprint density at radius 1 is 1.44 bits per heavy atom. The Kier molecular flexibility index (Phi) is 2.58. The van der Waals surface area contributed by atoms with Crippen LogP contribution in [0.15, 0.2) is 6.20 Å². The van der Waals surface area contributed by atoms with Gasteiger partial charge in [-0.05, 0) is 5.21 Å². The Morgan fingerprint density at radius 3 is 2.88 bits per heavy atom. The lowest BCUT2D eigenvalue weighted by atomic mass is 10.5. The van der Waals surface area contributed by atoms with Gasteiger partial charge in [-0.25, -0.2) is 9.48 Å². The van der Waals surface area contributed by atoms with Crippen LogP contribution in [0.5, 0.6) is 0 Å². The molecule has 0 aliphatic heterocycles. The molecule has 0 aliphatic carbocycles. The average Bonchev–Trinajstić information content (AvgIpc) is 2.87. The lowest BCUT2D eigenvalue weighted by Crippen LogP contribution is -2.03. The highest BCUT2D eigenvalue weighted by atomic mass is 16.5. The van der Waals surface area contributed by atoms with Crippen molar-refractivity contribution >= 4 is 5.97 Å². The van der Waals surface area contributed by atoms with Gasteiger partial charge in [-0.3, -0.25) is 0 Å². The number of hydrogen-bond donors (Lipinski definition) is 0. The number of carbonyl (C=O) groups excluding carboxylic acids is 1. The molecular weight excluding hydrogens is 214 g/mol. The molecule has 2 rings (SSSR count). The maximum Gasteiger partial charge on any atom is 0.360 e. The van der Waals surface area contributed by atoms with E-state index >= 15 is 0 Å². The van der Waals surface area contributed by atoms with E-state index in [0.717, 1.165) is 0 Å². The van der Waals surface area contributed by atoms with Crippen molar-refractivity contribution < 1.29 is 9.53 Å². The van der Waals surface area contributed by atoms with Crippen molar-refractivity contribution in [3.8, 4) is 0 Å². The Morgan fingerprint density at radius 2 is 2.25 bits per heavy atom. The summed E-state index contributed by atoms with van der Waals surface area (Å²) in [7, 11) is 2.95. The van der Waals surface area contributed by atoms with Crippen molar-refractivity contribution in [2.75, 3.05) is 7.11 Å². The summed E-state index contributed by atoms with van der Waals surface area (Å²) in [5.41, 5.74) is 0.145. The van der Waals surface area contributed by atoms with E-state index in [-0.39, 0.29) is 5.69 Å². The highest BCUT2D eigenvalue weighted by molar-refractivity contribution is 5.86. The molecular formula is C7H9N7O2. The molecule has 9 heteroatoms. The van der Waals surface area contributed by atoms with Crippen LogP contribution in [0.2, 0.25) is 0 Å². The number of carbonyl (C=O) groups is 1. The van der Waals surface area contributed by atoms with E-state index < -0.39 is 5.97 Å². The van der Waals surface area contributed by atoms with Crippen LogP contribution in [0.4, 0.5) is 0 Å². The average molecular weight is 223 g/mol. The second kappa shape index (κ2) is 4.04. The molecule has 0 radical (unpaired) electrons. The Balaban J connectivity index is 2.11. The monoisotopic (exact) mass is 223 g/mol. The normalized spacial score (nSPS) is 10.4. The summed E-state index contributed by atoms with van der Waals surface area (Å²) in [5.74, 6) is -0.0397. The number of aryl methyl sites for hydroxylation is 1. The van der Waals surface area contributed by atoms with Crippen LogP contribution in [0, 0.1) is 0 Å². The maximum atomic E-state index is 11.1. The molecule has 0 N–H and O–H groups in total. The number of esters is 1. The summed E-state index contributed by atoms with van der Waals surface area (Å²) in [5, 5.41) is 18.8. The zero-order valence-corrected chi connectivity index (χ0v) is 8.73. The molecule has 0 amide bonds. The number of ether oxygens (including phenoxy) is 1. The summed E-state index contributed by atoms with van der Waals surface area (Å²) in [4.78, 5) is 12.4. The van der Waals surface area contributed by atoms with Crippen molar-refractivity contribution in [1.82, 2.24) is 35.2 Å². The van der Waals surface area contributed by atoms with Crippen LogP contribution in [-0.2, 0) is 18.3 Å². The fraction of sp³-hybridized carbons (Fsp3) is 0.429. The number of hydrogen-bond acceptors (Lipinski definition) is 7. The Bertz CT molecular complexity index is 502.